The maximum absolute atomic E-state index is 11.9. The second kappa shape index (κ2) is 6.72. The van der Waals surface area contributed by atoms with Gasteiger partial charge in [-0.25, -0.2) is 8.42 Å². The van der Waals surface area contributed by atoms with E-state index in [4.69, 9.17) is 10.7 Å². The molecular formula is C12H18ClNO3S2. The van der Waals surface area contributed by atoms with E-state index >= 15 is 0 Å². The minimum atomic E-state index is -3.69. The SMILES string of the molecule is CCC(CC)C(=O)NC(C)c1ccc(S(=O)(=O)Cl)s1. The van der Waals surface area contributed by atoms with Crippen LogP contribution in [0.3, 0.4) is 0 Å². The first-order valence-electron chi connectivity index (χ1n) is 6.14. The highest BCUT2D eigenvalue weighted by molar-refractivity contribution is 8.15. The van der Waals surface area contributed by atoms with E-state index in [1.165, 1.54) is 6.07 Å². The third kappa shape index (κ3) is 4.47. The summed E-state index contributed by atoms with van der Waals surface area (Å²) in [7, 11) is 1.58. The Kier molecular flexibility index (Phi) is 5.82. The molecule has 1 heterocycles. The number of carbonyl (C=O) groups excluding carboxylic acids is 1. The van der Waals surface area contributed by atoms with Crippen LogP contribution in [0.15, 0.2) is 16.3 Å². The maximum Gasteiger partial charge on any atom is 0.270 e. The molecule has 1 N–H and O–H groups in total. The Labute approximate surface area is 122 Å². The number of nitrogens with one attached hydrogen (secondary N) is 1. The van der Waals surface area contributed by atoms with Gasteiger partial charge in [-0.1, -0.05) is 13.8 Å². The Bertz CT molecular complexity index is 535. The fourth-order valence-corrected chi connectivity index (χ4v) is 3.86. The van der Waals surface area contributed by atoms with Crippen LogP contribution in [0, 0.1) is 5.92 Å². The van der Waals surface area contributed by atoms with Crippen molar-refractivity contribution < 1.29 is 13.2 Å². The van der Waals surface area contributed by atoms with Crippen LogP contribution in [-0.4, -0.2) is 14.3 Å². The van der Waals surface area contributed by atoms with Crippen LogP contribution in [0.25, 0.3) is 0 Å². The second-order valence-electron chi connectivity index (χ2n) is 4.34. The molecule has 19 heavy (non-hydrogen) atoms. The van der Waals surface area contributed by atoms with E-state index in [1.807, 2.05) is 20.8 Å². The van der Waals surface area contributed by atoms with Gasteiger partial charge in [0.25, 0.3) is 9.05 Å². The van der Waals surface area contributed by atoms with Gasteiger partial charge >= 0.3 is 0 Å². The summed E-state index contributed by atoms with van der Waals surface area (Å²) in [5, 5.41) is 2.90. The fourth-order valence-electron chi connectivity index (χ4n) is 1.76. The van der Waals surface area contributed by atoms with E-state index in [2.05, 4.69) is 5.32 Å². The van der Waals surface area contributed by atoms with Crippen LogP contribution in [0.4, 0.5) is 0 Å². The van der Waals surface area contributed by atoms with Gasteiger partial charge in [0.05, 0.1) is 6.04 Å². The van der Waals surface area contributed by atoms with Crippen molar-refractivity contribution in [3.05, 3.63) is 17.0 Å². The van der Waals surface area contributed by atoms with Crippen molar-refractivity contribution >= 4 is 37.0 Å². The third-order valence-corrected chi connectivity index (χ3v) is 6.35. The molecule has 0 bridgehead atoms. The van der Waals surface area contributed by atoms with Crippen LogP contribution in [0.1, 0.15) is 44.5 Å². The molecule has 0 radical (unpaired) electrons. The van der Waals surface area contributed by atoms with Crippen molar-refractivity contribution in [3.63, 3.8) is 0 Å². The molecule has 0 aliphatic rings. The first-order chi connectivity index (χ1) is 8.79. The number of hydrogen-bond donors (Lipinski definition) is 1. The predicted molar refractivity (Wildman–Crippen MR) is 78.0 cm³/mol. The van der Waals surface area contributed by atoms with Gasteiger partial charge in [0.1, 0.15) is 4.21 Å². The van der Waals surface area contributed by atoms with Crippen LogP contribution >= 0.6 is 22.0 Å². The molecule has 7 heteroatoms. The average molecular weight is 324 g/mol. The van der Waals surface area contributed by atoms with Crippen molar-refractivity contribution in [1.82, 2.24) is 5.32 Å². The molecule has 1 amide bonds. The molecule has 0 aromatic carbocycles. The van der Waals surface area contributed by atoms with Gasteiger partial charge in [0, 0.05) is 21.5 Å². The average Bonchev–Trinajstić information content (AvgIpc) is 2.79. The van der Waals surface area contributed by atoms with Gasteiger partial charge < -0.3 is 5.32 Å². The Hall–Kier alpha value is -0.590. The molecule has 0 aliphatic heterocycles. The lowest BCUT2D eigenvalue weighted by atomic mass is 10.0. The monoisotopic (exact) mass is 323 g/mol. The summed E-state index contributed by atoms with van der Waals surface area (Å²) in [6.45, 7) is 5.78. The Balaban J connectivity index is 2.76. The highest BCUT2D eigenvalue weighted by Crippen LogP contribution is 2.29. The van der Waals surface area contributed by atoms with Gasteiger partial charge in [0.15, 0.2) is 0 Å². The third-order valence-electron chi connectivity index (χ3n) is 2.98. The number of carbonyl (C=O) groups is 1. The molecule has 0 saturated heterocycles. The molecule has 4 nitrogen and oxygen atoms in total. The van der Waals surface area contributed by atoms with Gasteiger partial charge in [-0.2, -0.15) is 0 Å². The van der Waals surface area contributed by atoms with Crippen LogP contribution in [0.5, 0.6) is 0 Å². The van der Waals surface area contributed by atoms with Crippen molar-refractivity contribution in [2.45, 2.75) is 43.9 Å². The Morgan fingerprint density at radius 3 is 2.37 bits per heavy atom. The molecular weight excluding hydrogens is 306 g/mol. The topological polar surface area (TPSA) is 63.2 Å². The van der Waals surface area contributed by atoms with E-state index < -0.39 is 9.05 Å². The molecule has 0 saturated carbocycles. The van der Waals surface area contributed by atoms with Gasteiger partial charge in [0.2, 0.25) is 5.91 Å². The van der Waals surface area contributed by atoms with Gasteiger partial charge in [-0.3, -0.25) is 4.79 Å². The zero-order valence-electron chi connectivity index (χ0n) is 11.1. The molecule has 1 atom stereocenters. The summed E-state index contributed by atoms with van der Waals surface area (Å²) in [5.74, 6) is -0.000164. The lowest BCUT2D eigenvalue weighted by Gasteiger charge is -2.17. The molecule has 1 aromatic rings. The lowest BCUT2D eigenvalue weighted by Crippen LogP contribution is -2.31. The van der Waals surface area contributed by atoms with Gasteiger partial charge in [-0.05, 0) is 31.9 Å². The van der Waals surface area contributed by atoms with Crippen molar-refractivity contribution in [3.8, 4) is 0 Å². The number of halogens is 1. The number of thiophene rings is 1. The predicted octanol–water partition coefficient (Wildman–Crippen LogP) is 3.29. The quantitative estimate of drug-likeness (QED) is 0.817. The molecule has 1 unspecified atom stereocenters. The smallest absolute Gasteiger partial charge is 0.270 e. The highest BCUT2D eigenvalue weighted by Gasteiger charge is 2.20. The number of rotatable bonds is 6. The van der Waals surface area contributed by atoms with Crippen LogP contribution < -0.4 is 5.32 Å². The number of amides is 1. The largest absolute Gasteiger partial charge is 0.349 e. The molecule has 108 valence electrons. The normalized spacial score (nSPS) is 13.5. The standard InChI is InChI=1S/C12H18ClNO3S2/c1-4-9(5-2)12(15)14-8(3)10-6-7-11(18-10)19(13,16)17/h6-9H,4-5H2,1-3H3,(H,14,15). The van der Waals surface area contributed by atoms with Gasteiger partial charge in [-0.15, -0.1) is 11.3 Å². The maximum atomic E-state index is 11.9. The summed E-state index contributed by atoms with van der Waals surface area (Å²) in [5.41, 5.74) is 0. The molecule has 1 rings (SSSR count). The summed E-state index contributed by atoms with van der Waals surface area (Å²) < 4.78 is 22.5. The Morgan fingerprint density at radius 2 is 1.95 bits per heavy atom. The highest BCUT2D eigenvalue weighted by atomic mass is 35.7. The fraction of sp³-hybridized carbons (Fsp3) is 0.583. The number of hydrogen-bond acceptors (Lipinski definition) is 4. The first kappa shape index (κ1) is 16.5. The second-order valence-corrected chi connectivity index (χ2v) is 8.25. The molecule has 0 spiro atoms. The summed E-state index contributed by atoms with van der Waals surface area (Å²) in [4.78, 5) is 12.7. The summed E-state index contributed by atoms with van der Waals surface area (Å²) in [6, 6.07) is 2.92. The van der Waals surface area contributed by atoms with Crippen molar-refractivity contribution in [2.75, 3.05) is 0 Å². The van der Waals surface area contributed by atoms with Crippen LogP contribution in [-0.2, 0) is 13.8 Å². The molecule has 1 aromatic heterocycles. The summed E-state index contributed by atoms with van der Waals surface area (Å²) in [6.07, 6.45) is 1.58. The lowest BCUT2D eigenvalue weighted by molar-refractivity contribution is -0.125. The minimum Gasteiger partial charge on any atom is -0.349 e. The van der Waals surface area contributed by atoms with E-state index in [1.54, 1.807) is 6.07 Å². The van der Waals surface area contributed by atoms with Crippen molar-refractivity contribution in [1.29, 1.82) is 0 Å². The zero-order valence-corrected chi connectivity index (χ0v) is 13.5. The van der Waals surface area contributed by atoms with E-state index in [0.29, 0.717) is 0 Å². The summed E-state index contributed by atoms with van der Waals surface area (Å²) >= 11 is 1.08. The molecule has 0 fully saturated rings. The van der Waals surface area contributed by atoms with E-state index in [0.717, 1.165) is 29.1 Å². The van der Waals surface area contributed by atoms with E-state index in [9.17, 15) is 13.2 Å². The minimum absolute atomic E-state index is 0.00109. The Morgan fingerprint density at radius 1 is 1.37 bits per heavy atom. The van der Waals surface area contributed by atoms with Crippen molar-refractivity contribution in [2.24, 2.45) is 5.92 Å². The molecule has 0 aliphatic carbocycles. The van der Waals surface area contributed by atoms with Crippen LogP contribution in [0.2, 0.25) is 0 Å². The van der Waals surface area contributed by atoms with E-state index in [-0.39, 0.29) is 22.1 Å². The first-order valence-corrected chi connectivity index (χ1v) is 9.26. The zero-order chi connectivity index (χ0) is 14.6.